The minimum Gasteiger partial charge on any atom is -0.360 e. The summed E-state index contributed by atoms with van der Waals surface area (Å²) in [7, 11) is 0. The molecule has 0 spiro atoms. The van der Waals surface area contributed by atoms with E-state index in [1.807, 2.05) is 28.7 Å². The van der Waals surface area contributed by atoms with Crippen molar-refractivity contribution >= 4 is 5.69 Å². The zero-order valence-electron chi connectivity index (χ0n) is 12.0. The maximum atomic E-state index is 14.0. The van der Waals surface area contributed by atoms with E-state index in [1.54, 1.807) is 18.5 Å². The van der Waals surface area contributed by atoms with E-state index in [-0.39, 0.29) is 11.9 Å². The van der Waals surface area contributed by atoms with Crippen molar-refractivity contribution in [2.45, 2.75) is 26.4 Å². The highest BCUT2D eigenvalue weighted by molar-refractivity contribution is 5.49. The van der Waals surface area contributed by atoms with Gasteiger partial charge >= 0.3 is 0 Å². The first-order valence-electron chi connectivity index (χ1n) is 6.94. The largest absolute Gasteiger partial charge is 0.360 e. The molecule has 0 saturated heterocycles. The average molecular weight is 276 g/mol. The first kappa shape index (κ1) is 14.5. The lowest BCUT2D eigenvalue weighted by Crippen LogP contribution is -2.35. The van der Waals surface area contributed by atoms with Crippen LogP contribution in [0.25, 0.3) is 0 Å². The minimum absolute atomic E-state index is 0.0839. The number of aromatic nitrogens is 2. The zero-order valence-corrected chi connectivity index (χ0v) is 12.0. The van der Waals surface area contributed by atoms with Crippen molar-refractivity contribution in [1.29, 1.82) is 0 Å². The molecular formula is C15H21FN4. The van der Waals surface area contributed by atoms with Crippen LogP contribution < -0.4 is 10.6 Å². The van der Waals surface area contributed by atoms with Crippen LogP contribution >= 0.6 is 0 Å². The molecule has 2 rings (SSSR count). The lowest BCUT2D eigenvalue weighted by Gasteiger charge is -2.32. The summed E-state index contributed by atoms with van der Waals surface area (Å²) in [6.07, 6.45) is 3.59. The highest BCUT2D eigenvalue weighted by Gasteiger charge is 2.23. The summed E-state index contributed by atoms with van der Waals surface area (Å²) in [5.74, 6) is -0.227. The first-order valence-corrected chi connectivity index (χ1v) is 6.94. The highest BCUT2D eigenvalue weighted by Crippen LogP contribution is 2.28. The summed E-state index contributed by atoms with van der Waals surface area (Å²) >= 11 is 0. The summed E-state index contributed by atoms with van der Waals surface area (Å²) in [4.78, 5) is 6.17. The molecule has 1 atom stereocenters. The van der Waals surface area contributed by atoms with Crippen molar-refractivity contribution in [3.8, 4) is 0 Å². The maximum absolute atomic E-state index is 14.0. The quantitative estimate of drug-likeness (QED) is 0.882. The number of hydrogen-bond acceptors (Lipinski definition) is 3. The number of likely N-dealkylation sites (N-methyl/N-ethyl adjacent to an activating group) is 1. The summed E-state index contributed by atoms with van der Waals surface area (Å²) in [5, 5.41) is 0. The van der Waals surface area contributed by atoms with Gasteiger partial charge in [0.2, 0.25) is 0 Å². The van der Waals surface area contributed by atoms with Crippen LogP contribution in [0.3, 0.4) is 0 Å². The van der Waals surface area contributed by atoms with Crippen LogP contribution in [-0.2, 0) is 6.54 Å². The number of nitrogens with two attached hydrogens (primary N) is 1. The molecule has 5 heteroatoms. The number of benzene rings is 1. The van der Waals surface area contributed by atoms with E-state index in [0.717, 1.165) is 12.2 Å². The lowest BCUT2D eigenvalue weighted by molar-refractivity contribution is 0.559. The van der Waals surface area contributed by atoms with Crippen LogP contribution in [0.5, 0.6) is 0 Å². The molecule has 0 radical (unpaired) electrons. The molecule has 4 nitrogen and oxygen atoms in total. The van der Waals surface area contributed by atoms with Crippen molar-refractivity contribution in [3.05, 3.63) is 48.3 Å². The molecule has 0 fully saturated rings. The van der Waals surface area contributed by atoms with E-state index in [0.29, 0.717) is 18.8 Å². The standard InChI is InChI=1S/C15H21FN4/c1-3-19-11-18-10-15(19)14(9-17)20(4-2)13-8-6-5-7-12(13)16/h5-8,10-11,14H,3-4,9,17H2,1-2H3. The molecule has 0 aliphatic rings. The van der Waals surface area contributed by atoms with Gasteiger partial charge in [0.15, 0.2) is 0 Å². The fourth-order valence-electron chi connectivity index (χ4n) is 2.52. The van der Waals surface area contributed by atoms with Gasteiger partial charge in [0.05, 0.1) is 29.9 Å². The summed E-state index contributed by atoms with van der Waals surface area (Å²) in [5.41, 5.74) is 7.54. The molecule has 0 saturated carbocycles. The number of anilines is 1. The van der Waals surface area contributed by atoms with Gasteiger partial charge in [-0.2, -0.15) is 0 Å². The second-order valence-corrected chi connectivity index (χ2v) is 4.59. The average Bonchev–Trinajstić information content (AvgIpc) is 2.94. The summed E-state index contributed by atoms with van der Waals surface area (Å²) in [6.45, 7) is 5.96. The van der Waals surface area contributed by atoms with Crippen LogP contribution in [0, 0.1) is 5.82 Å². The van der Waals surface area contributed by atoms with Crippen molar-refractivity contribution in [2.24, 2.45) is 5.73 Å². The molecule has 1 heterocycles. The number of imidazole rings is 1. The fourth-order valence-corrected chi connectivity index (χ4v) is 2.52. The molecule has 1 unspecified atom stereocenters. The van der Waals surface area contributed by atoms with Gasteiger partial charge in [-0.05, 0) is 26.0 Å². The normalized spacial score (nSPS) is 12.4. The van der Waals surface area contributed by atoms with E-state index >= 15 is 0 Å². The Labute approximate surface area is 119 Å². The highest BCUT2D eigenvalue weighted by atomic mass is 19.1. The molecule has 1 aromatic carbocycles. The van der Waals surface area contributed by atoms with Crippen LogP contribution in [0.15, 0.2) is 36.8 Å². The number of halogens is 1. The molecule has 2 aromatic rings. The van der Waals surface area contributed by atoms with Crippen LogP contribution in [0.4, 0.5) is 10.1 Å². The van der Waals surface area contributed by atoms with E-state index in [9.17, 15) is 4.39 Å². The Kier molecular flexibility index (Phi) is 4.74. The number of hydrogen-bond donors (Lipinski definition) is 1. The second-order valence-electron chi connectivity index (χ2n) is 4.59. The Balaban J connectivity index is 2.41. The first-order chi connectivity index (χ1) is 9.72. The molecule has 0 aliphatic carbocycles. The fraction of sp³-hybridized carbons (Fsp3) is 0.400. The number of para-hydroxylation sites is 1. The van der Waals surface area contributed by atoms with Gasteiger partial charge < -0.3 is 15.2 Å². The van der Waals surface area contributed by atoms with Crippen molar-refractivity contribution in [2.75, 3.05) is 18.0 Å². The van der Waals surface area contributed by atoms with E-state index in [4.69, 9.17) is 5.73 Å². The zero-order chi connectivity index (χ0) is 14.5. The number of rotatable bonds is 6. The van der Waals surface area contributed by atoms with Crippen molar-refractivity contribution < 1.29 is 4.39 Å². The third-order valence-corrected chi connectivity index (χ3v) is 3.53. The summed E-state index contributed by atoms with van der Waals surface area (Å²) in [6, 6.07) is 6.71. The Bertz CT molecular complexity index is 552. The van der Waals surface area contributed by atoms with Gasteiger partial charge in [0.25, 0.3) is 0 Å². The third kappa shape index (κ3) is 2.67. The van der Waals surface area contributed by atoms with Crippen LogP contribution in [-0.4, -0.2) is 22.6 Å². The van der Waals surface area contributed by atoms with Crippen molar-refractivity contribution in [1.82, 2.24) is 9.55 Å². The molecular weight excluding hydrogens is 255 g/mol. The molecule has 0 aliphatic heterocycles. The van der Waals surface area contributed by atoms with E-state index in [1.165, 1.54) is 6.07 Å². The summed E-state index contributed by atoms with van der Waals surface area (Å²) < 4.78 is 16.1. The van der Waals surface area contributed by atoms with Gasteiger partial charge in [-0.15, -0.1) is 0 Å². The monoisotopic (exact) mass is 276 g/mol. The lowest BCUT2D eigenvalue weighted by atomic mass is 10.1. The Morgan fingerprint density at radius 1 is 1.35 bits per heavy atom. The Morgan fingerprint density at radius 3 is 2.70 bits per heavy atom. The van der Waals surface area contributed by atoms with E-state index < -0.39 is 0 Å². The number of nitrogens with zero attached hydrogens (tertiary/aromatic N) is 3. The van der Waals surface area contributed by atoms with Gasteiger partial charge in [-0.3, -0.25) is 0 Å². The molecule has 20 heavy (non-hydrogen) atoms. The Hall–Kier alpha value is -1.88. The third-order valence-electron chi connectivity index (χ3n) is 3.53. The molecule has 2 N–H and O–H groups in total. The smallest absolute Gasteiger partial charge is 0.146 e. The molecule has 108 valence electrons. The molecule has 0 amide bonds. The van der Waals surface area contributed by atoms with Gasteiger partial charge in [0, 0.05) is 19.6 Å². The number of aryl methyl sites for hydroxylation is 1. The van der Waals surface area contributed by atoms with Gasteiger partial charge in [-0.1, -0.05) is 12.1 Å². The molecule has 0 bridgehead atoms. The van der Waals surface area contributed by atoms with Crippen LogP contribution in [0.2, 0.25) is 0 Å². The topological polar surface area (TPSA) is 47.1 Å². The van der Waals surface area contributed by atoms with Crippen molar-refractivity contribution in [3.63, 3.8) is 0 Å². The van der Waals surface area contributed by atoms with E-state index in [2.05, 4.69) is 11.9 Å². The predicted molar refractivity (Wildman–Crippen MR) is 79.1 cm³/mol. The SMILES string of the molecule is CCN(c1ccccc1F)C(CN)c1cncn1CC. The minimum atomic E-state index is -0.227. The molecule has 1 aromatic heterocycles. The van der Waals surface area contributed by atoms with Gasteiger partial charge in [-0.25, -0.2) is 9.37 Å². The van der Waals surface area contributed by atoms with Gasteiger partial charge in [0.1, 0.15) is 5.82 Å². The maximum Gasteiger partial charge on any atom is 0.146 e. The van der Waals surface area contributed by atoms with Crippen LogP contribution in [0.1, 0.15) is 25.6 Å². The predicted octanol–water partition coefficient (Wildman–Crippen LogP) is 2.57. The second kappa shape index (κ2) is 6.52. The Morgan fingerprint density at radius 2 is 2.10 bits per heavy atom.